The molecule has 72 valence electrons. The Morgan fingerprint density at radius 1 is 1.42 bits per heavy atom. The van der Waals surface area contributed by atoms with E-state index >= 15 is 0 Å². The molecular weight excluding hydrogens is 156 g/mol. The minimum Gasteiger partial charge on any atom is -0.380 e. The highest BCUT2D eigenvalue weighted by molar-refractivity contribution is 5.84. The van der Waals surface area contributed by atoms with Crippen LogP contribution in [0, 0.1) is 0 Å². The van der Waals surface area contributed by atoms with Crippen LogP contribution in [0.2, 0.25) is 0 Å². The summed E-state index contributed by atoms with van der Waals surface area (Å²) < 4.78 is 0. The summed E-state index contributed by atoms with van der Waals surface area (Å²) in [6.07, 6.45) is 2.46. The lowest BCUT2D eigenvalue weighted by Crippen LogP contribution is -2.49. The standard InChI is InChI=1S/C8H18N2O2/c1-3-5-8(12,6-4-2)7(11)10-9/h12H,3-6,9H2,1-2H3,(H,10,11). The molecule has 0 radical (unpaired) electrons. The van der Waals surface area contributed by atoms with Crippen molar-refractivity contribution in [2.75, 3.05) is 0 Å². The molecule has 4 heteroatoms. The number of hydrogen-bond acceptors (Lipinski definition) is 3. The molecule has 0 aromatic carbocycles. The predicted octanol–water partition coefficient (Wildman–Crippen LogP) is 0.308. The van der Waals surface area contributed by atoms with Crippen molar-refractivity contribution in [3.63, 3.8) is 0 Å². The number of carbonyl (C=O) groups is 1. The number of amides is 1. The Hall–Kier alpha value is -0.610. The summed E-state index contributed by atoms with van der Waals surface area (Å²) in [5.74, 6) is 4.48. The minimum absolute atomic E-state index is 0.462. The molecule has 0 fully saturated rings. The molecule has 0 bridgehead atoms. The van der Waals surface area contributed by atoms with E-state index in [0.717, 1.165) is 12.8 Å². The van der Waals surface area contributed by atoms with Crippen LogP contribution in [0.15, 0.2) is 0 Å². The van der Waals surface area contributed by atoms with E-state index in [9.17, 15) is 9.90 Å². The largest absolute Gasteiger partial charge is 0.380 e. The number of nitrogens with two attached hydrogens (primary N) is 1. The van der Waals surface area contributed by atoms with Crippen LogP contribution < -0.4 is 11.3 Å². The van der Waals surface area contributed by atoms with Crippen LogP contribution in [0.1, 0.15) is 39.5 Å². The average Bonchev–Trinajstić information content (AvgIpc) is 2.04. The van der Waals surface area contributed by atoms with Crippen LogP contribution in [0.3, 0.4) is 0 Å². The molecule has 0 aliphatic heterocycles. The van der Waals surface area contributed by atoms with Gasteiger partial charge in [0.25, 0.3) is 5.91 Å². The van der Waals surface area contributed by atoms with Crippen LogP contribution in [0.4, 0.5) is 0 Å². The van der Waals surface area contributed by atoms with Gasteiger partial charge in [0.05, 0.1) is 0 Å². The number of hydrazine groups is 1. The third-order valence-electron chi connectivity index (χ3n) is 1.88. The van der Waals surface area contributed by atoms with Gasteiger partial charge in [-0.3, -0.25) is 10.2 Å². The van der Waals surface area contributed by atoms with E-state index in [4.69, 9.17) is 5.84 Å². The predicted molar refractivity (Wildman–Crippen MR) is 47.1 cm³/mol. The molecule has 0 heterocycles. The van der Waals surface area contributed by atoms with E-state index in [0.29, 0.717) is 12.8 Å². The lowest BCUT2D eigenvalue weighted by atomic mass is 9.92. The van der Waals surface area contributed by atoms with E-state index in [1.165, 1.54) is 0 Å². The number of nitrogens with one attached hydrogen (secondary N) is 1. The number of rotatable bonds is 5. The Kier molecular flexibility index (Phi) is 4.85. The molecule has 0 atom stereocenters. The van der Waals surface area contributed by atoms with Crippen LogP contribution in [0.5, 0.6) is 0 Å². The van der Waals surface area contributed by atoms with Gasteiger partial charge in [0, 0.05) is 0 Å². The Bertz CT molecular complexity index is 142. The summed E-state index contributed by atoms with van der Waals surface area (Å²) in [5, 5.41) is 9.79. The third kappa shape index (κ3) is 2.79. The zero-order chi connectivity index (χ0) is 9.61. The van der Waals surface area contributed by atoms with E-state index in [1.807, 2.05) is 19.3 Å². The first-order valence-corrected chi connectivity index (χ1v) is 4.34. The summed E-state index contributed by atoms with van der Waals surface area (Å²) in [5.41, 5.74) is 0.721. The van der Waals surface area contributed by atoms with Crippen molar-refractivity contribution in [1.82, 2.24) is 5.43 Å². The maximum Gasteiger partial charge on any atom is 0.265 e. The maximum absolute atomic E-state index is 11.1. The van der Waals surface area contributed by atoms with Gasteiger partial charge < -0.3 is 5.11 Å². The molecule has 0 aliphatic carbocycles. The van der Waals surface area contributed by atoms with Crippen LogP contribution in [-0.2, 0) is 4.79 Å². The van der Waals surface area contributed by atoms with E-state index in [1.54, 1.807) is 0 Å². The van der Waals surface area contributed by atoms with Gasteiger partial charge >= 0.3 is 0 Å². The van der Waals surface area contributed by atoms with Crippen LogP contribution in [-0.4, -0.2) is 16.6 Å². The van der Waals surface area contributed by atoms with Gasteiger partial charge in [0.1, 0.15) is 5.60 Å². The van der Waals surface area contributed by atoms with E-state index in [2.05, 4.69) is 0 Å². The van der Waals surface area contributed by atoms with Crippen LogP contribution >= 0.6 is 0 Å². The third-order valence-corrected chi connectivity index (χ3v) is 1.88. The molecule has 12 heavy (non-hydrogen) atoms. The zero-order valence-corrected chi connectivity index (χ0v) is 7.76. The van der Waals surface area contributed by atoms with Gasteiger partial charge in [0.2, 0.25) is 0 Å². The molecular formula is C8H18N2O2. The van der Waals surface area contributed by atoms with Gasteiger partial charge in [-0.05, 0) is 12.8 Å². The second-order valence-electron chi connectivity index (χ2n) is 3.01. The normalized spacial score (nSPS) is 11.3. The highest BCUT2D eigenvalue weighted by Gasteiger charge is 2.32. The Labute approximate surface area is 73.1 Å². The molecule has 0 aromatic heterocycles. The number of hydrogen-bond donors (Lipinski definition) is 3. The van der Waals surface area contributed by atoms with Gasteiger partial charge in [-0.25, -0.2) is 5.84 Å². The number of carbonyl (C=O) groups excluding carboxylic acids is 1. The van der Waals surface area contributed by atoms with Gasteiger partial charge in [-0.1, -0.05) is 26.7 Å². The van der Waals surface area contributed by atoms with Crippen molar-refractivity contribution in [3.8, 4) is 0 Å². The first-order valence-electron chi connectivity index (χ1n) is 4.34. The van der Waals surface area contributed by atoms with Gasteiger partial charge in [0.15, 0.2) is 0 Å². The molecule has 1 amide bonds. The van der Waals surface area contributed by atoms with Gasteiger partial charge in [-0.2, -0.15) is 0 Å². The minimum atomic E-state index is -1.27. The topological polar surface area (TPSA) is 75.3 Å². The molecule has 0 saturated carbocycles. The Morgan fingerprint density at radius 3 is 2.08 bits per heavy atom. The zero-order valence-electron chi connectivity index (χ0n) is 7.76. The summed E-state index contributed by atoms with van der Waals surface area (Å²) in [6.45, 7) is 3.84. The monoisotopic (exact) mass is 174 g/mol. The highest BCUT2D eigenvalue weighted by Crippen LogP contribution is 2.19. The summed E-state index contributed by atoms with van der Waals surface area (Å²) in [6, 6.07) is 0. The molecule has 0 rings (SSSR count). The number of aliphatic hydroxyl groups is 1. The SMILES string of the molecule is CCCC(O)(CCC)C(=O)NN. The molecule has 4 nitrogen and oxygen atoms in total. The molecule has 0 aliphatic rings. The van der Waals surface area contributed by atoms with Crippen molar-refractivity contribution in [3.05, 3.63) is 0 Å². The van der Waals surface area contributed by atoms with Crippen molar-refractivity contribution >= 4 is 5.91 Å². The average molecular weight is 174 g/mol. The lowest BCUT2D eigenvalue weighted by Gasteiger charge is -2.24. The Morgan fingerprint density at radius 2 is 1.83 bits per heavy atom. The fraction of sp³-hybridized carbons (Fsp3) is 0.875. The van der Waals surface area contributed by atoms with E-state index in [-0.39, 0.29) is 0 Å². The lowest BCUT2D eigenvalue weighted by molar-refractivity contribution is -0.141. The summed E-state index contributed by atoms with van der Waals surface area (Å²) in [4.78, 5) is 11.1. The first-order chi connectivity index (χ1) is 5.60. The fourth-order valence-electron chi connectivity index (χ4n) is 1.31. The van der Waals surface area contributed by atoms with Crippen LogP contribution in [0.25, 0.3) is 0 Å². The smallest absolute Gasteiger partial charge is 0.265 e. The maximum atomic E-state index is 11.1. The summed E-state index contributed by atoms with van der Waals surface area (Å²) >= 11 is 0. The van der Waals surface area contributed by atoms with Crippen molar-refractivity contribution in [2.24, 2.45) is 5.84 Å². The quantitative estimate of drug-likeness (QED) is 0.319. The fourth-order valence-corrected chi connectivity index (χ4v) is 1.31. The van der Waals surface area contributed by atoms with Gasteiger partial charge in [-0.15, -0.1) is 0 Å². The van der Waals surface area contributed by atoms with E-state index < -0.39 is 11.5 Å². The molecule has 0 spiro atoms. The second kappa shape index (κ2) is 5.11. The van der Waals surface area contributed by atoms with Crippen molar-refractivity contribution < 1.29 is 9.90 Å². The van der Waals surface area contributed by atoms with Crippen molar-refractivity contribution in [1.29, 1.82) is 0 Å². The summed E-state index contributed by atoms with van der Waals surface area (Å²) in [7, 11) is 0. The molecule has 0 aromatic rings. The van der Waals surface area contributed by atoms with Crippen molar-refractivity contribution in [2.45, 2.75) is 45.1 Å². The molecule has 4 N–H and O–H groups in total. The highest BCUT2D eigenvalue weighted by atomic mass is 16.3. The molecule has 0 saturated heterocycles. The second-order valence-corrected chi connectivity index (χ2v) is 3.01. The first kappa shape index (κ1) is 11.4. The Balaban J connectivity index is 4.26. The molecule has 0 unspecified atom stereocenters.